The first-order valence-electron chi connectivity index (χ1n) is 6.03. The number of amides is 1. The number of carbonyl (C=O) groups excluding carboxylic acids is 1. The van der Waals surface area contributed by atoms with E-state index in [1.54, 1.807) is 13.0 Å². The lowest BCUT2D eigenvalue weighted by molar-refractivity contribution is 0.0981. The number of rotatable bonds is 4. The number of hydrogen-bond donors (Lipinski definition) is 1. The van der Waals surface area contributed by atoms with E-state index in [-0.39, 0.29) is 14.7 Å². The van der Waals surface area contributed by atoms with Gasteiger partial charge >= 0.3 is 0 Å². The largest absolute Gasteiger partial charge is 0.273 e. The molecule has 6 nitrogen and oxygen atoms in total. The molecule has 1 amide bonds. The fraction of sp³-hybridized carbons (Fsp3) is 0.154. The van der Waals surface area contributed by atoms with Crippen LogP contribution in [0.5, 0.6) is 0 Å². The molecular formula is C13H13NO5S3. The third-order valence-corrected chi connectivity index (χ3v) is 6.67. The topological polar surface area (TPSA) is 97.4 Å². The number of sulfonamides is 1. The molecule has 0 spiro atoms. The molecule has 0 saturated heterocycles. The van der Waals surface area contributed by atoms with E-state index in [0.29, 0.717) is 0 Å². The van der Waals surface area contributed by atoms with E-state index in [1.807, 2.05) is 4.72 Å². The number of benzene rings is 1. The highest BCUT2D eigenvalue weighted by Crippen LogP contribution is 2.20. The molecule has 9 heteroatoms. The Bertz CT molecular complexity index is 926. The van der Waals surface area contributed by atoms with Crippen LogP contribution in [0.2, 0.25) is 0 Å². The normalized spacial score (nSPS) is 12.1. The second-order valence-electron chi connectivity index (χ2n) is 4.60. The molecule has 0 saturated carbocycles. The van der Waals surface area contributed by atoms with Crippen molar-refractivity contribution in [2.24, 2.45) is 0 Å². The molecule has 0 atom stereocenters. The Morgan fingerprint density at radius 1 is 1.09 bits per heavy atom. The van der Waals surface area contributed by atoms with Crippen LogP contribution in [0.4, 0.5) is 0 Å². The SMILES string of the molecule is Cc1ccc(S(=O)(=O)NC(=O)c2cccc(S(C)(=O)=O)c2)s1. The van der Waals surface area contributed by atoms with Crippen LogP contribution in [-0.4, -0.2) is 29.0 Å². The molecule has 0 radical (unpaired) electrons. The fourth-order valence-corrected chi connectivity index (χ4v) is 4.58. The van der Waals surface area contributed by atoms with Gasteiger partial charge in [0.05, 0.1) is 4.90 Å². The maximum Gasteiger partial charge on any atom is 0.273 e. The maximum absolute atomic E-state index is 12.1. The minimum absolute atomic E-state index is 0.0256. The highest BCUT2D eigenvalue weighted by atomic mass is 32.2. The minimum Gasteiger partial charge on any atom is -0.268 e. The molecule has 1 aromatic carbocycles. The van der Waals surface area contributed by atoms with Gasteiger partial charge in [-0.2, -0.15) is 0 Å². The van der Waals surface area contributed by atoms with Crippen LogP contribution in [-0.2, 0) is 19.9 Å². The van der Waals surface area contributed by atoms with Crippen molar-refractivity contribution in [2.45, 2.75) is 16.0 Å². The zero-order valence-corrected chi connectivity index (χ0v) is 14.2. The highest BCUT2D eigenvalue weighted by molar-refractivity contribution is 7.92. The average Bonchev–Trinajstić information content (AvgIpc) is 2.85. The van der Waals surface area contributed by atoms with Crippen molar-refractivity contribution in [2.75, 3.05) is 6.26 Å². The summed E-state index contributed by atoms with van der Waals surface area (Å²) >= 11 is 1.04. The Labute approximate surface area is 132 Å². The van der Waals surface area contributed by atoms with E-state index in [4.69, 9.17) is 0 Å². The van der Waals surface area contributed by atoms with Crippen molar-refractivity contribution >= 4 is 37.1 Å². The van der Waals surface area contributed by atoms with Crippen LogP contribution in [0.3, 0.4) is 0 Å². The Morgan fingerprint density at radius 3 is 2.32 bits per heavy atom. The summed E-state index contributed by atoms with van der Waals surface area (Å²) < 4.78 is 49.0. The number of thiophene rings is 1. The van der Waals surface area contributed by atoms with Gasteiger partial charge in [0.25, 0.3) is 15.9 Å². The average molecular weight is 359 g/mol. The van der Waals surface area contributed by atoms with E-state index in [1.165, 1.54) is 24.3 Å². The minimum atomic E-state index is -3.97. The zero-order chi connectivity index (χ0) is 16.5. The molecule has 1 N–H and O–H groups in total. The second-order valence-corrected chi connectivity index (χ2v) is 9.81. The van der Waals surface area contributed by atoms with Crippen LogP contribution < -0.4 is 4.72 Å². The van der Waals surface area contributed by atoms with Gasteiger partial charge in [-0.05, 0) is 37.3 Å². The summed E-state index contributed by atoms with van der Waals surface area (Å²) in [6.07, 6.45) is 1.01. The number of carbonyl (C=O) groups is 1. The number of nitrogens with one attached hydrogen (secondary N) is 1. The van der Waals surface area contributed by atoms with Crippen LogP contribution in [0.25, 0.3) is 0 Å². The predicted octanol–water partition coefficient (Wildman–Crippen LogP) is 1.58. The lowest BCUT2D eigenvalue weighted by atomic mass is 10.2. The molecule has 0 bridgehead atoms. The number of aryl methyl sites for hydroxylation is 1. The Balaban J connectivity index is 2.30. The van der Waals surface area contributed by atoms with E-state index in [2.05, 4.69) is 0 Å². The van der Waals surface area contributed by atoms with Gasteiger partial charge in [-0.3, -0.25) is 4.79 Å². The number of hydrogen-bond acceptors (Lipinski definition) is 6. The predicted molar refractivity (Wildman–Crippen MR) is 83.3 cm³/mol. The Morgan fingerprint density at radius 2 is 1.77 bits per heavy atom. The van der Waals surface area contributed by atoms with Crippen LogP contribution in [0.15, 0.2) is 45.5 Å². The summed E-state index contributed by atoms with van der Waals surface area (Å²) in [5, 5.41) is 0. The van der Waals surface area contributed by atoms with Gasteiger partial charge in [0.1, 0.15) is 4.21 Å². The van der Waals surface area contributed by atoms with Crippen molar-refractivity contribution in [1.29, 1.82) is 0 Å². The van der Waals surface area contributed by atoms with Gasteiger partial charge < -0.3 is 0 Å². The van der Waals surface area contributed by atoms with Crippen LogP contribution in [0.1, 0.15) is 15.2 Å². The van der Waals surface area contributed by atoms with Gasteiger partial charge in [0, 0.05) is 16.7 Å². The van der Waals surface area contributed by atoms with E-state index >= 15 is 0 Å². The van der Waals surface area contributed by atoms with Crippen molar-refractivity contribution < 1.29 is 21.6 Å². The molecular weight excluding hydrogens is 346 g/mol. The zero-order valence-electron chi connectivity index (χ0n) is 11.7. The summed E-state index contributed by atoms with van der Waals surface area (Å²) in [5.41, 5.74) is -0.0419. The van der Waals surface area contributed by atoms with Gasteiger partial charge in [-0.15, -0.1) is 11.3 Å². The molecule has 2 aromatic rings. The summed E-state index contributed by atoms with van der Waals surface area (Å²) in [7, 11) is -7.44. The van der Waals surface area contributed by atoms with Crippen LogP contribution >= 0.6 is 11.3 Å². The van der Waals surface area contributed by atoms with Gasteiger partial charge in [-0.1, -0.05) is 6.07 Å². The van der Waals surface area contributed by atoms with Gasteiger partial charge in [0.2, 0.25) is 0 Å². The van der Waals surface area contributed by atoms with Crippen molar-refractivity contribution in [3.8, 4) is 0 Å². The summed E-state index contributed by atoms with van der Waals surface area (Å²) in [6, 6.07) is 8.24. The molecule has 0 fully saturated rings. The first-order chi connectivity index (χ1) is 10.1. The third-order valence-electron chi connectivity index (χ3n) is 2.73. The van der Waals surface area contributed by atoms with Crippen LogP contribution in [0, 0.1) is 6.92 Å². The van der Waals surface area contributed by atoms with Gasteiger partial charge in [-0.25, -0.2) is 21.6 Å². The van der Waals surface area contributed by atoms with E-state index < -0.39 is 25.8 Å². The quantitative estimate of drug-likeness (QED) is 0.894. The molecule has 118 valence electrons. The van der Waals surface area contributed by atoms with Gasteiger partial charge in [0.15, 0.2) is 9.84 Å². The molecule has 2 rings (SSSR count). The molecule has 1 heterocycles. The highest BCUT2D eigenvalue weighted by Gasteiger charge is 2.21. The monoisotopic (exact) mass is 359 g/mol. The summed E-state index contributed by atoms with van der Waals surface area (Å²) in [4.78, 5) is 12.8. The van der Waals surface area contributed by atoms with E-state index in [0.717, 1.165) is 28.5 Å². The smallest absolute Gasteiger partial charge is 0.268 e. The molecule has 0 unspecified atom stereocenters. The fourth-order valence-electron chi connectivity index (χ4n) is 1.66. The molecule has 0 aliphatic rings. The third kappa shape index (κ3) is 3.73. The number of sulfone groups is 1. The lowest BCUT2D eigenvalue weighted by Gasteiger charge is -2.06. The molecule has 22 heavy (non-hydrogen) atoms. The van der Waals surface area contributed by atoms with E-state index in [9.17, 15) is 21.6 Å². The van der Waals surface area contributed by atoms with Crippen molar-refractivity contribution in [3.63, 3.8) is 0 Å². The molecule has 0 aliphatic heterocycles. The lowest BCUT2D eigenvalue weighted by Crippen LogP contribution is -2.30. The first kappa shape index (κ1) is 16.7. The Hall–Kier alpha value is -1.71. The second kappa shape index (κ2) is 5.82. The summed E-state index contributed by atoms with van der Waals surface area (Å²) in [6.45, 7) is 1.75. The van der Waals surface area contributed by atoms with Crippen molar-refractivity contribution in [3.05, 3.63) is 46.8 Å². The standard InChI is InChI=1S/C13H13NO5S3/c1-9-6-7-12(20-9)22(18,19)14-13(15)10-4-3-5-11(8-10)21(2,16)17/h3-8H,1-2H3,(H,14,15). The van der Waals surface area contributed by atoms with Crippen molar-refractivity contribution in [1.82, 2.24) is 4.72 Å². The first-order valence-corrected chi connectivity index (χ1v) is 10.2. The molecule has 0 aliphatic carbocycles. The summed E-state index contributed by atoms with van der Waals surface area (Å²) in [5.74, 6) is -0.878. The Kier molecular flexibility index (Phi) is 4.41. The molecule has 1 aromatic heterocycles. The maximum atomic E-state index is 12.1.